The first-order chi connectivity index (χ1) is 11.8. The second-order valence-electron chi connectivity index (χ2n) is 5.48. The molecule has 1 aromatic carbocycles. The van der Waals surface area contributed by atoms with Crippen molar-refractivity contribution in [3.8, 4) is 17.1 Å². The summed E-state index contributed by atoms with van der Waals surface area (Å²) >= 11 is 0. The molecule has 2 aromatic heterocycles. The summed E-state index contributed by atoms with van der Waals surface area (Å²) in [6.07, 6.45) is 6.77. The number of hydrogen-bond acceptors (Lipinski definition) is 7. The monoisotopic (exact) mass is 327 g/mol. The van der Waals surface area contributed by atoms with Gasteiger partial charge >= 0.3 is 0 Å². The minimum Gasteiger partial charge on any atom is -0.496 e. The van der Waals surface area contributed by atoms with E-state index >= 15 is 0 Å². The zero-order chi connectivity index (χ0) is 16.4. The van der Waals surface area contributed by atoms with Gasteiger partial charge in [0.15, 0.2) is 17.9 Å². The van der Waals surface area contributed by atoms with Crippen LogP contribution in [0.15, 0.2) is 45.8 Å². The molecule has 0 amide bonds. The molecule has 4 rings (SSSR count). The molecule has 1 atom stereocenters. The Morgan fingerprint density at radius 3 is 3.00 bits per heavy atom. The van der Waals surface area contributed by atoms with E-state index in [4.69, 9.17) is 18.3 Å². The molecule has 0 spiro atoms. The van der Waals surface area contributed by atoms with Gasteiger partial charge in [-0.1, -0.05) is 0 Å². The van der Waals surface area contributed by atoms with E-state index in [1.807, 2.05) is 18.2 Å². The number of methoxy groups -OCH3 is 1. The molecule has 0 aliphatic carbocycles. The normalized spacial score (nSPS) is 17.1. The number of aromatic nitrogens is 2. The highest BCUT2D eigenvalue weighted by molar-refractivity contribution is 5.70. The average molecular weight is 327 g/mol. The summed E-state index contributed by atoms with van der Waals surface area (Å²) in [6.45, 7) is 0.772. The standard InChI is InChI=1S/C17H17N3O4/c1-21-14-7-11(4-5-12(14)15-8-18-10-23-15)20-17-19-9-16(24-17)13-3-2-6-22-13/h4-5,7-10,13H,2-3,6H2,1H3,(H,19,20). The maximum atomic E-state index is 5.73. The number of nitrogens with zero attached hydrogens (tertiary/aromatic N) is 2. The van der Waals surface area contributed by atoms with Crippen molar-refractivity contribution >= 4 is 11.7 Å². The van der Waals surface area contributed by atoms with Crippen molar-refractivity contribution in [3.63, 3.8) is 0 Å². The Balaban J connectivity index is 1.54. The lowest BCUT2D eigenvalue weighted by atomic mass is 10.1. The Morgan fingerprint density at radius 1 is 1.29 bits per heavy atom. The molecule has 1 fully saturated rings. The average Bonchev–Trinajstić information content (AvgIpc) is 3.36. The van der Waals surface area contributed by atoms with Gasteiger partial charge in [-0.15, -0.1) is 0 Å². The third-order valence-electron chi connectivity index (χ3n) is 3.92. The fourth-order valence-electron chi connectivity index (χ4n) is 2.74. The molecular weight excluding hydrogens is 310 g/mol. The lowest BCUT2D eigenvalue weighted by Gasteiger charge is -2.09. The van der Waals surface area contributed by atoms with Gasteiger partial charge in [-0.25, -0.2) is 9.97 Å². The van der Waals surface area contributed by atoms with Crippen LogP contribution in [0.5, 0.6) is 5.75 Å². The van der Waals surface area contributed by atoms with Crippen molar-refractivity contribution in [2.75, 3.05) is 19.0 Å². The Bertz CT molecular complexity index is 807. The Kier molecular flexibility index (Phi) is 3.92. The van der Waals surface area contributed by atoms with Gasteiger partial charge in [-0.3, -0.25) is 0 Å². The van der Waals surface area contributed by atoms with Crippen molar-refractivity contribution in [3.05, 3.63) is 42.7 Å². The van der Waals surface area contributed by atoms with Crippen LogP contribution in [0.25, 0.3) is 11.3 Å². The van der Waals surface area contributed by atoms with Crippen molar-refractivity contribution in [2.45, 2.75) is 18.9 Å². The molecule has 0 saturated carbocycles. The number of hydrogen-bond donors (Lipinski definition) is 1. The van der Waals surface area contributed by atoms with Gasteiger partial charge in [0.2, 0.25) is 0 Å². The summed E-state index contributed by atoms with van der Waals surface area (Å²) in [6, 6.07) is 6.07. The number of benzene rings is 1. The van der Waals surface area contributed by atoms with Gasteiger partial charge in [0.25, 0.3) is 6.01 Å². The van der Waals surface area contributed by atoms with E-state index in [2.05, 4.69) is 15.3 Å². The Morgan fingerprint density at radius 2 is 2.25 bits per heavy atom. The predicted molar refractivity (Wildman–Crippen MR) is 86.2 cm³/mol. The zero-order valence-electron chi connectivity index (χ0n) is 13.2. The minimum atomic E-state index is 0.0106. The quantitative estimate of drug-likeness (QED) is 0.760. The van der Waals surface area contributed by atoms with Gasteiger partial charge < -0.3 is 23.6 Å². The summed E-state index contributed by atoms with van der Waals surface area (Å²) in [5.74, 6) is 2.07. The summed E-state index contributed by atoms with van der Waals surface area (Å²) in [7, 11) is 1.61. The highest BCUT2D eigenvalue weighted by atomic mass is 16.5. The second kappa shape index (κ2) is 6.37. The van der Waals surface area contributed by atoms with Crippen LogP contribution in [0.2, 0.25) is 0 Å². The van der Waals surface area contributed by atoms with Crippen molar-refractivity contribution in [1.82, 2.24) is 9.97 Å². The molecule has 1 saturated heterocycles. The van der Waals surface area contributed by atoms with Crippen LogP contribution in [0, 0.1) is 0 Å². The molecule has 7 nitrogen and oxygen atoms in total. The summed E-state index contributed by atoms with van der Waals surface area (Å²) in [5.41, 5.74) is 1.63. The van der Waals surface area contributed by atoms with Crippen molar-refractivity contribution in [1.29, 1.82) is 0 Å². The van der Waals surface area contributed by atoms with Crippen LogP contribution in [0.4, 0.5) is 11.7 Å². The molecule has 0 bridgehead atoms. The Labute approximate surface area is 138 Å². The molecule has 7 heteroatoms. The number of ether oxygens (including phenoxy) is 2. The fourth-order valence-corrected chi connectivity index (χ4v) is 2.74. The highest BCUT2D eigenvalue weighted by Gasteiger charge is 2.22. The van der Waals surface area contributed by atoms with E-state index in [9.17, 15) is 0 Å². The zero-order valence-corrected chi connectivity index (χ0v) is 13.2. The molecule has 1 aliphatic rings. The molecule has 0 radical (unpaired) electrons. The maximum absolute atomic E-state index is 5.73. The predicted octanol–water partition coefficient (Wildman–Crippen LogP) is 3.93. The highest BCUT2D eigenvalue weighted by Crippen LogP contribution is 2.34. The molecule has 3 aromatic rings. The first-order valence-electron chi connectivity index (χ1n) is 7.75. The van der Waals surface area contributed by atoms with Crippen molar-refractivity contribution in [2.24, 2.45) is 0 Å². The number of anilines is 2. The first-order valence-corrected chi connectivity index (χ1v) is 7.75. The molecular formula is C17H17N3O4. The van der Waals surface area contributed by atoms with Crippen LogP contribution in [-0.4, -0.2) is 23.7 Å². The van der Waals surface area contributed by atoms with Gasteiger partial charge in [0.05, 0.1) is 25.1 Å². The molecule has 24 heavy (non-hydrogen) atoms. The molecule has 124 valence electrons. The van der Waals surface area contributed by atoms with Crippen LogP contribution in [0.3, 0.4) is 0 Å². The smallest absolute Gasteiger partial charge is 0.299 e. The largest absolute Gasteiger partial charge is 0.496 e. The van der Waals surface area contributed by atoms with Crippen LogP contribution >= 0.6 is 0 Å². The SMILES string of the molecule is COc1cc(Nc2ncc(C3CCCO3)o2)ccc1-c1cnco1. The van der Waals surface area contributed by atoms with E-state index in [1.54, 1.807) is 19.5 Å². The summed E-state index contributed by atoms with van der Waals surface area (Å²) in [4.78, 5) is 8.19. The van der Waals surface area contributed by atoms with Gasteiger partial charge in [-0.2, -0.15) is 0 Å². The molecule has 1 N–H and O–H groups in total. The minimum absolute atomic E-state index is 0.0106. The molecule has 1 unspecified atom stereocenters. The second-order valence-corrected chi connectivity index (χ2v) is 5.48. The topological polar surface area (TPSA) is 82.5 Å². The van der Waals surface area contributed by atoms with E-state index in [0.717, 1.165) is 36.5 Å². The van der Waals surface area contributed by atoms with Gasteiger partial charge in [0.1, 0.15) is 11.9 Å². The van der Waals surface area contributed by atoms with Crippen LogP contribution in [0.1, 0.15) is 24.7 Å². The third-order valence-corrected chi connectivity index (χ3v) is 3.92. The van der Waals surface area contributed by atoms with E-state index in [1.165, 1.54) is 6.39 Å². The first kappa shape index (κ1) is 14.8. The van der Waals surface area contributed by atoms with Gasteiger partial charge in [-0.05, 0) is 25.0 Å². The number of oxazole rings is 2. The number of nitrogens with one attached hydrogen (secondary N) is 1. The fraction of sp³-hybridized carbons (Fsp3) is 0.294. The van der Waals surface area contributed by atoms with E-state index < -0.39 is 0 Å². The van der Waals surface area contributed by atoms with Gasteiger partial charge in [0, 0.05) is 18.4 Å². The summed E-state index contributed by atoms with van der Waals surface area (Å²) in [5, 5.41) is 3.14. The number of rotatable bonds is 5. The van der Waals surface area contributed by atoms with E-state index in [0.29, 0.717) is 17.5 Å². The lowest BCUT2D eigenvalue weighted by Crippen LogP contribution is -1.94. The van der Waals surface area contributed by atoms with Crippen molar-refractivity contribution < 1.29 is 18.3 Å². The van der Waals surface area contributed by atoms with Crippen LogP contribution in [-0.2, 0) is 4.74 Å². The van der Waals surface area contributed by atoms with Crippen LogP contribution < -0.4 is 10.1 Å². The molecule has 3 heterocycles. The third kappa shape index (κ3) is 2.85. The molecule has 1 aliphatic heterocycles. The lowest BCUT2D eigenvalue weighted by molar-refractivity contribution is 0.0943. The maximum Gasteiger partial charge on any atom is 0.299 e. The van der Waals surface area contributed by atoms with E-state index in [-0.39, 0.29) is 6.10 Å². The Hall–Kier alpha value is -2.80. The summed E-state index contributed by atoms with van der Waals surface area (Å²) < 4.78 is 22.1.